The highest BCUT2D eigenvalue weighted by Crippen LogP contribution is 2.45. The van der Waals surface area contributed by atoms with E-state index in [1.165, 1.54) is 66.0 Å². The minimum Gasteiger partial charge on any atom is -0.309 e. The molecular formula is C42H28N4. The van der Waals surface area contributed by atoms with Crippen LogP contribution < -0.4 is 0 Å². The molecule has 2 aliphatic carbocycles. The molecule has 6 aromatic carbocycles. The van der Waals surface area contributed by atoms with Crippen molar-refractivity contribution in [2.75, 3.05) is 0 Å². The van der Waals surface area contributed by atoms with Gasteiger partial charge in [0.25, 0.3) is 0 Å². The Hall–Kier alpha value is -5.74. The molecule has 0 aliphatic heterocycles. The van der Waals surface area contributed by atoms with E-state index in [2.05, 4.69) is 130 Å². The largest absolute Gasteiger partial charge is 0.309 e. The van der Waals surface area contributed by atoms with Crippen LogP contribution in [0.4, 0.5) is 0 Å². The van der Waals surface area contributed by atoms with Gasteiger partial charge in [-0.05, 0) is 103 Å². The van der Waals surface area contributed by atoms with Crippen molar-refractivity contribution in [1.29, 1.82) is 0 Å². The first-order valence-corrected chi connectivity index (χ1v) is 16.3. The Bertz CT molecular complexity index is 2730. The van der Waals surface area contributed by atoms with Gasteiger partial charge >= 0.3 is 0 Å². The number of hydrogen-bond donors (Lipinski definition) is 0. The molecule has 46 heavy (non-hydrogen) atoms. The molecule has 4 heteroatoms. The third-order valence-electron chi connectivity index (χ3n) is 10.5. The Morgan fingerprint density at radius 2 is 0.978 bits per heavy atom. The Morgan fingerprint density at radius 3 is 1.63 bits per heavy atom. The Balaban J connectivity index is 1.32. The van der Waals surface area contributed by atoms with Gasteiger partial charge in [0.05, 0.1) is 33.3 Å². The van der Waals surface area contributed by atoms with E-state index in [9.17, 15) is 0 Å². The van der Waals surface area contributed by atoms with E-state index in [0.29, 0.717) is 5.95 Å². The van der Waals surface area contributed by atoms with Gasteiger partial charge in [0.2, 0.25) is 5.95 Å². The standard InChI is InChI=1S/C42H28N4/c1-3-9-25(10-4-1)41-31-13-7-8-14-34(31)43-42(44-41)46-36-20-19-35-39(40(36)33-22-27-16-18-29(27)24-38(33)46)32-21-26-15-17-28(26)23-37(32)45(35)30-11-5-2-6-12-30/h1-14,19-24H,15-18H2. The molecular weight excluding hydrogens is 560 g/mol. The second kappa shape index (κ2) is 8.92. The topological polar surface area (TPSA) is 35.6 Å². The van der Waals surface area contributed by atoms with Crippen molar-refractivity contribution in [3.63, 3.8) is 0 Å². The molecule has 216 valence electrons. The van der Waals surface area contributed by atoms with Gasteiger partial charge in [0, 0.05) is 38.2 Å². The highest BCUT2D eigenvalue weighted by Gasteiger charge is 2.26. The van der Waals surface area contributed by atoms with E-state index in [0.717, 1.165) is 53.4 Å². The third kappa shape index (κ3) is 3.23. The van der Waals surface area contributed by atoms with Gasteiger partial charge in [0.15, 0.2) is 0 Å². The highest BCUT2D eigenvalue weighted by atomic mass is 15.2. The molecule has 0 N–H and O–H groups in total. The molecule has 3 aromatic heterocycles. The molecule has 9 aromatic rings. The first kappa shape index (κ1) is 24.6. The smallest absolute Gasteiger partial charge is 0.235 e. The maximum Gasteiger partial charge on any atom is 0.235 e. The maximum absolute atomic E-state index is 5.36. The predicted octanol–water partition coefficient (Wildman–Crippen LogP) is 9.69. The molecule has 3 heterocycles. The highest BCUT2D eigenvalue weighted by molar-refractivity contribution is 6.29. The summed E-state index contributed by atoms with van der Waals surface area (Å²) >= 11 is 0. The third-order valence-corrected chi connectivity index (χ3v) is 10.5. The van der Waals surface area contributed by atoms with Crippen LogP contribution in [0.5, 0.6) is 0 Å². The molecule has 0 radical (unpaired) electrons. The number of aromatic nitrogens is 4. The van der Waals surface area contributed by atoms with Gasteiger partial charge in [-0.15, -0.1) is 0 Å². The van der Waals surface area contributed by atoms with Gasteiger partial charge in [-0.3, -0.25) is 4.57 Å². The summed E-state index contributed by atoms with van der Waals surface area (Å²) in [6.45, 7) is 0. The van der Waals surface area contributed by atoms with Crippen LogP contribution in [0.1, 0.15) is 22.3 Å². The quantitative estimate of drug-likeness (QED) is 0.206. The minimum atomic E-state index is 0.715. The average Bonchev–Trinajstić information content (AvgIpc) is 3.58. The van der Waals surface area contributed by atoms with E-state index >= 15 is 0 Å². The number of fused-ring (bicyclic) bond motifs is 10. The van der Waals surface area contributed by atoms with Crippen molar-refractivity contribution in [2.45, 2.75) is 25.7 Å². The molecule has 11 rings (SSSR count). The first-order valence-electron chi connectivity index (χ1n) is 16.3. The van der Waals surface area contributed by atoms with Crippen LogP contribution in [0.15, 0.2) is 121 Å². The van der Waals surface area contributed by atoms with Gasteiger partial charge in [-0.25, -0.2) is 9.97 Å². The van der Waals surface area contributed by atoms with E-state index in [1.54, 1.807) is 0 Å². The number of nitrogens with zero attached hydrogens (tertiary/aromatic N) is 4. The number of aryl methyl sites for hydroxylation is 4. The molecule has 0 amide bonds. The van der Waals surface area contributed by atoms with E-state index in [-0.39, 0.29) is 0 Å². The van der Waals surface area contributed by atoms with Crippen LogP contribution in [-0.2, 0) is 25.7 Å². The van der Waals surface area contributed by atoms with E-state index in [1.807, 2.05) is 0 Å². The van der Waals surface area contributed by atoms with Crippen molar-refractivity contribution in [2.24, 2.45) is 0 Å². The zero-order valence-electron chi connectivity index (χ0n) is 25.2. The summed E-state index contributed by atoms with van der Waals surface area (Å²) in [7, 11) is 0. The fraction of sp³-hybridized carbons (Fsp3) is 0.0952. The molecule has 0 saturated carbocycles. The van der Waals surface area contributed by atoms with Crippen LogP contribution in [0.2, 0.25) is 0 Å². The second-order valence-corrected chi connectivity index (χ2v) is 12.9. The maximum atomic E-state index is 5.36. The number of hydrogen-bond acceptors (Lipinski definition) is 2. The Labute approximate surface area is 265 Å². The number of para-hydroxylation sites is 2. The molecule has 0 spiro atoms. The Morgan fingerprint density at radius 1 is 0.435 bits per heavy atom. The lowest BCUT2D eigenvalue weighted by atomic mass is 9.86. The van der Waals surface area contributed by atoms with Crippen LogP contribution in [0, 0.1) is 0 Å². The van der Waals surface area contributed by atoms with Gasteiger partial charge in [0.1, 0.15) is 0 Å². The van der Waals surface area contributed by atoms with Crippen molar-refractivity contribution < 1.29 is 0 Å². The normalized spacial score (nSPS) is 13.7. The van der Waals surface area contributed by atoms with Crippen LogP contribution in [0.3, 0.4) is 0 Å². The van der Waals surface area contributed by atoms with Crippen molar-refractivity contribution in [3.8, 4) is 22.9 Å². The molecule has 0 bridgehead atoms. The van der Waals surface area contributed by atoms with Crippen molar-refractivity contribution in [3.05, 3.63) is 144 Å². The molecule has 2 aliphatic rings. The first-order chi connectivity index (χ1) is 22.8. The summed E-state index contributed by atoms with van der Waals surface area (Å²) in [5.74, 6) is 0.715. The zero-order chi connectivity index (χ0) is 29.9. The summed E-state index contributed by atoms with van der Waals surface area (Å²) in [5.41, 5.74) is 14.9. The van der Waals surface area contributed by atoms with Crippen molar-refractivity contribution in [1.82, 2.24) is 19.1 Å². The van der Waals surface area contributed by atoms with E-state index < -0.39 is 0 Å². The molecule has 0 fully saturated rings. The predicted molar refractivity (Wildman–Crippen MR) is 188 cm³/mol. The summed E-state index contributed by atoms with van der Waals surface area (Å²) in [6.07, 6.45) is 4.57. The van der Waals surface area contributed by atoms with Gasteiger partial charge in [-0.2, -0.15) is 0 Å². The fourth-order valence-corrected chi connectivity index (χ4v) is 8.05. The molecule has 4 nitrogen and oxygen atoms in total. The fourth-order valence-electron chi connectivity index (χ4n) is 8.05. The lowest BCUT2D eigenvalue weighted by Gasteiger charge is -2.19. The lowest BCUT2D eigenvalue weighted by molar-refractivity contribution is 0.842. The van der Waals surface area contributed by atoms with Crippen LogP contribution >= 0.6 is 0 Å². The van der Waals surface area contributed by atoms with E-state index in [4.69, 9.17) is 9.97 Å². The SMILES string of the molecule is c1ccc(-c2nc(-n3c4cc5c(cc4c4c6c7cc8c(cc7n(-c7ccccc7)c6ccc43)CC8)CC5)nc3ccccc23)cc1. The average molecular weight is 589 g/mol. The minimum absolute atomic E-state index is 0.715. The summed E-state index contributed by atoms with van der Waals surface area (Å²) < 4.78 is 4.79. The molecule has 0 saturated heterocycles. The number of benzene rings is 6. The monoisotopic (exact) mass is 588 g/mol. The van der Waals surface area contributed by atoms with Crippen LogP contribution in [-0.4, -0.2) is 19.1 Å². The summed E-state index contributed by atoms with van der Waals surface area (Å²) in [5, 5.41) is 6.28. The van der Waals surface area contributed by atoms with Gasteiger partial charge in [-0.1, -0.05) is 66.7 Å². The molecule has 0 atom stereocenters. The molecule has 0 unspecified atom stereocenters. The van der Waals surface area contributed by atoms with Crippen LogP contribution in [0.25, 0.3) is 77.4 Å². The Kier molecular flexibility index (Phi) is 4.76. The zero-order valence-corrected chi connectivity index (χ0v) is 25.2. The van der Waals surface area contributed by atoms with Crippen molar-refractivity contribution >= 4 is 54.5 Å². The lowest BCUT2D eigenvalue weighted by Crippen LogP contribution is -2.08. The van der Waals surface area contributed by atoms with Gasteiger partial charge < -0.3 is 4.57 Å². The second-order valence-electron chi connectivity index (χ2n) is 12.9. The summed E-state index contributed by atoms with van der Waals surface area (Å²) in [6, 6.07) is 44.1. The summed E-state index contributed by atoms with van der Waals surface area (Å²) in [4.78, 5) is 10.6. The number of rotatable bonds is 3.